The van der Waals surface area contributed by atoms with Crippen LogP contribution in [0.1, 0.15) is 34.6 Å². The molecule has 0 unspecified atom stereocenters. The summed E-state index contributed by atoms with van der Waals surface area (Å²) in [4.78, 5) is 12.4. The van der Waals surface area contributed by atoms with Crippen molar-refractivity contribution in [3.63, 3.8) is 0 Å². The van der Waals surface area contributed by atoms with Gasteiger partial charge in [-0.25, -0.2) is 0 Å². The molecular formula is C16H20N4O2. The molecule has 3 rings (SSSR count). The maximum atomic E-state index is 12.4. The van der Waals surface area contributed by atoms with E-state index in [2.05, 4.69) is 32.9 Å². The van der Waals surface area contributed by atoms with Crippen molar-refractivity contribution in [2.75, 3.05) is 0 Å². The molecule has 1 atom stereocenters. The van der Waals surface area contributed by atoms with Crippen LogP contribution in [0.15, 0.2) is 30.3 Å². The van der Waals surface area contributed by atoms with Crippen molar-refractivity contribution in [3.05, 3.63) is 47.3 Å². The molecule has 1 saturated carbocycles. The van der Waals surface area contributed by atoms with E-state index in [4.69, 9.17) is 0 Å². The highest BCUT2D eigenvalue weighted by Crippen LogP contribution is 2.31. The number of rotatable bonds is 5. The first-order valence-corrected chi connectivity index (χ1v) is 7.53. The minimum absolute atomic E-state index is 0.00519. The fraction of sp³-hybridized carbons (Fsp3) is 0.438. The normalized spacial score (nSPS) is 21.9. The van der Waals surface area contributed by atoms with Gasteiger partial charge in [-0.2, -0.15) is 15.4 Å². The Kier molecular flexibility index (Phi) is 4.20. The molecule has 0 spiro atoms. The third kappa shape index (κ3) is 3.17. The largest absolute Gasteiger partial charge is 0.393 e. The summed E-state index contributed by atoms with van der Waals surface area (Å²) in [6.45, 7) is 1.75. The number of hydrogen-bond acceptors (Lipinski definition) is 4. The van der Waals surface area contributed by atoms with Gasteiger partial charge in [0.25, 0.3) is 5.91 Å². The van der Waals surface area contributed by atoms with E-state index in [1.54, 1.807) is 6.92 Å². The van der Waals surface area contributed by atoms with E-state index in [1.165, 1.54) is 5.56 Å². The Morgan fingerprint density at radius 1 is 1.36 bits per heavy atom. The van der Waals surface area contributed by atoms with E-state index in [0.717, 1.165) is 19.3 Å². The molecule has 0 radical (unpaired) electrons. The molecule has 1 aromatic carbocycles. The van der Waals surface area contributed by atoms with Crippen LogP contribution in [0.4, 0.5) is 0 Å². The maximum Gasteiger partial charge on any atom is 0.273 e. The standard InChI is InChI=1S/C16H20N4O2/c1-10-15(19-20-18-10)16(22)17-14(12-8-13(21)9-12)7-11-5-3-2-4-6-11/h2-6,12-14,21H,7-9H2,1H3,(H,17,22)(H,18,19,20)/t12?,13?,14-/m0/s1. The van der Waals surface area contributed by atoms with E-state index < -0.39 is 0 Å². The fourth-order valence-electron chi connectivity index (χ4n) is 2.90. The third-order valence-electron chi connectivity index (χ3n) is 4.27. The lowest BCUT2D eigenvalue weighted by Gasteiger charge is -2.38. The Hall–Kier alpha value is -2.21. The maximum absolute atomic E-state index is 12.4. The van der Waals surface area contributed by atoms with Crippen molar-refractivity contribution in [3.8, 4) is 0 Å². The molecule has 0 saturated heterocycles. The monoisotopic (exact) mass is 300 g/mol. The number of aromatic nitrogens is 3. The number of aliphatic hydroxyl groups excluding tert-OH is 1. The molecule has 22 heavy (non-hydrogen) atoms. The van der Waals surface area contributed by atoms with Gasteiger partial charge in [-0.15, -0.1) is 0 Å². The minimum atomic E-state index is -0.242. The van der Waals surface area contributed by atoms with Gasteiger partial charge in [0.15, 0.2) is 5.69 Å². The summed E-state index contributed by atoms with van der Waals surface area (Å²) < 4.78 is 0. The van der Waals surface area contributed by atoms with Crippen LogP contribution >= 0.6 is 0 Å². The van der Waals surface area contributed by atoms with Crippen LogP contribution in [0.2, 0.25) is 0 Å². The summed E-state index contributed by atoms with van der Waals surface area (Å²) in [7, 11) is 0. The molecule has 1 amide bonds. The number of amides is 1. The second-order valence-corrected chi connectivity index (χ2v) is 5.91. The van der Waals surface area contributed by atoms with Crippen molar-refractivity contribution >= 4 is 5.91 Å². The smallest absolute Gasteiger partial charge is 0.273 e. The van der Waals surface area contributed by atoms with E-state index in [9.17, 15) is 9.90 Å². The molecule has 1 fully saturated rings. The Balaban J connectivity index is 1.71. The summed E-state index contributed by atoms with van der Waals surface area (Å²) in [5.41, 5.74) is 2.09. The van der Waals surface area contributed by atoms with Gasteiger partial charge in [-0.1, -0.05) is 30.3 Å². The highest BCUT2D eigenvalue weighted by atomic mass is 16.3. The summed E-state index contributed by atoms with van der Waals surface area (Å²) >= 11 is 0. The second-order valence-electron chi connectivity index (χ2n) is 5.91. The molecule has 6 nitrogen and oxygen atoms in total. The number of carbonyl (C=O) groups is 1. The average molecular weight is 300 g/mol. The van der Waals surface area contributed by atoms with E-state index in [-0.39, 0.29) is 18.1 Å². The lowest BCUT2D eigenvalue weighted by molar-refractivity contribution is 0.0238. The van der Waals surface area contributed by atoms with Crippen LogP contribution in [0, 0.1) is 12.8 Å². The highest BCUT2D eigenvalue weighted by molar-refractivity contribution is 5.93. The zero-order valence-corrected chi connectivity index (χ0v) is 12.5. The third-order valence-corrected chi connectivity index (χ3v) is 4.27. The molecule has 1 heterocycles. The van der Waals surface area contributed by atoms with Gasteiger partial charge < -0.3 is 10.4 Å². The molecule has 2 aromatic rings. The van der Waals surface area contributed by atoms with E-state index in [0.29, 0.717) is 17.3 Å². The number of H-pyrrole nitrogens is 1. The van der Waals surface area contributed by atoms with Gasteiger partial charge in [-0.05, 0) is 37.7 Å². The molecule has 1 aliphatic carbocycles. The van der Waals surface area contributed by atoms with Gasteiger partial charge >= 0.3 is 0 Å². The van der Waals surface area contributed by atoms with Gasteiger partial charge in [-0.3, -0.25) is 4.79 Å². The van der Waals surface area contributed by atoms with Crippen molar-refractivity contribution in [2.24, 2.45) is 5.92 Å². The topological polar surface area (TPSA) is 90.9 Å². The molecular weight excluding hydrogens is 280 g/mol. The number of aryl methyl sites for hydroxylation is 1. The summed E-state index contributed by atoms with van der Waals surface area (Å²) in [6, 6.07) is 10.1. The number of nitrogens with zero attached hydrogens (tertiary/aromatic N) is 2. The van der Waals surface area contributed by atoms with Crippen LogP contribution in [0.3, 0.4) is 0 Å². The number of carbonyl (C=O) groups excluding carboxylic acids is 1. The van der Waals surface area contributed by atoms with Crippen LogP contribution in [-0.2, 0) is 6.42 Å². The molecule has 1 aliphatic rings. The van der Waals surface area contributed by atoms with Crippen molar-refractivity contribution in [1.29, 1.82) is 0 Å². The lowest BCUT2D eigenvalue weighted by atomic mass is 9.75. The van der Waals surface area contributed by atoms with Crippen molar-refractivity contribution < 1.29 is 9.90 Å². The fourth-order valence-corrected chi connectivity index (χ4v) is 2.90. The van der Waals surface area contributed by atoms with Crippen molar-refractivity contribution in [1.82, 2.24) is 20.7 Å². The Labute approximate surface area is 128 Å². The summed E-state index contributed by atoms with van der Waals surface area (Å²) in [5, 5.41) is 22.9. The SMILES string of the molecule is Cc1n[nH]nc1C(=O)N[C@@H](Cc1ccccc1)C1CC(O)C1. The van der Waals surface area contributed by atoms with Gasteiger partial charge in [0, 0.05) is 6.04 Å². The zero-order chi connectivity index (χ0) is 15.5. The van der Waals surface area contributed by atoms with E-state index >= 15 is 0 Å². The number of nitrogens with one attached hydrogen (secondary N) is 2. The Bertz CT molecular complexity index is 635. The molecule has 116 valence electrons. The molecule has 1 aromatic heterocycles. The summed E-state index contributed by atoms with van der Waals surface area (Å²) in [5.74, 6) is 0.0833. The van der Waals surface area contributed by atoms with Crippen molar-refractivity contribution in [2.45, 2.75) is 38.3 Å². The second kappa shape index (κ2) is 6.27. The quantitative estimate of drug-likeness (QED) is 0.774. The number of hydrogen-bond donors (Lipinski definition) is 3. The Morgan fingerprint density at radius 2 is 2.09 bits per heavy atom. The summed E-state index contributed by atoms with van der Waals surface area (Å²) in [6.07, 6.45) is 1.97. The predicted molar refractivity (Wildman–Crippen MR) is 81.3 cm³/mol. The highest BCUT2D eigenvalue weighted by Gasteiger charge is 2.35. The number of benzene rings is 1. The van der Waals surface area contributed by atoms with Gasteiger partial charge in [0.1, 0.15) is 0 Å². The predicted octanol–water partition coefficient (Wildman–Crippen LogP) is 1.23. The molecule has 0 aliphatic heterocycles. The molecule has 0 bridgehead atoms. The lowest BCUT2D eigenvalue weighted by Crippen LogP contribution is -2.48. The van der Waals surface area contributed by atoms with Crippen LogP contribution < -0.4 is 5.32 Å². The zero-order valence-electron chi connectivity index (χ0n) is 12.5. The van der Waals surface area contributed by atoms with Gasteiger partial charge in [0.2, 0.25) is 0 Å². The Morgan fingerprint density at radius 3 is 2.68 bits per heavy atom. The van der Waals surface area contributed by atoms with Gasteiger partial charge in [0.05, 0.1) is 11.8 Å². The first-order chi connectivity index (χ1) is 10.6. The minimum Gasteiger partial charge on any atom is -0.393 e. The first kappa shape index (κ1) is 14.7. The number of aromatic amines is 1. The van der Waals surface area contributed by atoms with Crippen LogP contribution in [0.25, 0.3) is 0 Å². The van der Waals surface area contributed by atoms with E-state index in [1.807, 2.05) is 18.2 Å². The van der Waals surface area contributed by atoms with Crippen LogP contribution in [0.5, 0.6) is 0 Å². The van der Waals surface area contributed by atoms with Crippen LogP contribution in [-0.4, -0.2) is 38.6 Å². The molecule has 6 heteroatoms. The molecule has 3 N–H and O–H groups in total. The average Bonchev–Trinajstić information content (AvgIpc) is 2.91. The number of aliphatic hydroxyl groups is 1. The first-order valence-electron chi connectivity index (χ1n) is 7.53.